The molecule has 0 bridgehead atoms. The Hall–Kier alpha value is -2.67. The fourth-order valence-electron chi connectivity index (χ4n) is 3.35. The van der Waals surface area contributed by atoms with Crippen molar-refractivity contribution >= 4 is 27.3 Å². The lowest BCUT2D eigenvalue weighted by Gasteiger charge is -2.32. The van der Waals surface area contributed by atoms with Crippen molar-refractivity contribution in [3.63, 3.8) is 0 Å². The second kappa shape index (κ2) is 8.56. The molecular formula is C21H24N2O4S. The Morgan fingerprint density at radius 3 is 2.57 bits per heavy atom. The molecule has 0 spiro atoms. The second-order valence-electron chi connectivity index (χ2n) is 7.13. The van der Waals surface area contributed by atoms with Crippen LogP contribution in [0.5, 0.6) is 0 Å². The topological polar surface area (TPSA) is 83.6 Å². The van der Waals surface area contributed by atoms with Crippen LogP contribution in [-0.4, -0.2) is 44.5 Å². The van der Waals surface area contributed by atoms with Gasteiger partial charge in [0.1, 0.15) is 0 Å². The molecular weight excluding hydrogens is 376 g/mol. The molecule has 1 atom stereocenters. The highest BCUT2D eigenvalue weighted by Crippen LogP contribution is 2.21. The van der Waals surface area contributed by atoms with E-state index in [4.69, 9.17) is 0 Å². The number of hydrogen-bond acceptors (Lipinski definition) is 4. The molecule has 1 heterocycles. The van der Waals surface area contributed by atoms with Crippen molar-refractivity contribution in [3.8, 4) is 0 Å². The number of benzene rings is 2. The van der Waals surface area contributed by atoms with Gasteiger partial charge in [-0.3, -0.25) is 9.59 Å². The highest BCUT2D eigenvalue weighted by atomic mass is 32.2. The molecule has 0 aromatic heterocycles. The predicted molar refractivity (Wildman–Crippen MR) is 108 cm³/mol. The minimum atomic E-state index is -3.34. The van der Waals surface area contributed by atoms with Crippen LogP contribution in [-0.2, 0) is 25.8 Å². The summed E-state index contributed by atoms with van der Waals surface area (Å²) in [6.07, 6.45) is 2.92. The number of sulfone groups is 1. The van der Waals surface area contributed by atoms with Crippen molar-refractivity contribution in [2.45, 2.75) is 24.2 Å². The summed E-state index contributed by atoms with van der Waals surface area (Å²) < 4.78 is 23.4. The first-order valence-electron chi connectivity index (χ1n) is 9.25. The fourth-order valence-corrected chi connectivity index (χ4v) is 4.02. The van der Waals surface area contributed by atoms with Crippen LogP contribution in [0.1, 0.15) is 18.4 Å². The maximum Gasteiger partial charge on any atom is 0.229 e. The van der Waals surface area contributed by atoms with Crippen LogP contribution in [0.15, 0.2) is 59.5 Å². The number of anilines is 1. The smallest absolute Gasteiger partial charge is 0.229 e. The molecule has 7 heteroatoms. The first-order chi connectivity index (χ1) is 13.3. The summed E-state index contributed by atoms with van der Waals surface area (Å²) in [6.45, 7) is 1.03. The molecule has 1 unspecified atom stereocenters. The summed E-state index contributed by atoms with van der Waals surface area (Å²) in [5.41, 5.74) is 1.40. The van der Waals surface area contributed by atoms with E-state index in [1.165, 1.54) is 12.1 Å². The van der Waals surface area contributed by atoms with Gasteiger partial charge in [0, 0.05) is 25.0 Å². The molecule has 3 rings (SSSR count). The molecule has 2 aromatic rings. The molecule has 0 aliphatic carbocycles. The van der Waals surface area contributed by atoms with Gasteiger partial charge < -0.3 is 10.2 Å². The third-order valence-electron chi connectivity index (χ3n) is 4.87. The van der Waals surface area contributed by atoms with Gasteiger partial charge in [-0.15, -0.1) is 0 Å². The molecule has 1 N–H and O–H groups in total. The van der Waals surface area contributed by atoms with Crippen molar-refractivity contribution in [2.24, 2.45) is 5.92 Å². The number of carbonyl (C=O) groups is 2. The van der Waals surface area contributed by atoms with Gasteiger partial charge in [-0.2, -0.15) is 0 Å². The van der Waals surface area contributed by atoms with E-state index >= 15 is 0 Å². The minimum Gasteiger partial charge on any atom is -0.342 e. The largest absolute Gasteiger partial charge is 0.342 e. The van der Waals surface area contributed by atoms with Crippen molar-refractivity contribution in [3.05, 3.63) is 60.2 Å². The summed E-state index contributed by atoms with van der Waals surface area (Å²) in [6, 6.07) is 15.8. The molecule has 0 saturated carbocycles. The Bertz CT molecular complexity index is 957. The lowest BCUT2D eigenvalue weighted by molar-refractivity contribution is -0.133. The summed E-state index contributed by atoms with van der Waals surface area (Å²) in [4.78, 5) is 27.1. The Morgan fingerprint density at radius 1 is 1.11 bits per heavy atom. The van der Waals surface area contributed by atoms with E-state index < -0.39 is 9.84 Å². The molecule has 28 heavy (non-hydrogen) atoms. The third kappa shape index (κ3) is 5.19. The van der Waals surface area contributed by atoms with E-state index in [-0.39, 0.29) is 22.6 Å². The van der Waals surface area contributed by atoms with Gasteiger partial charge in [0.25, 0.3) is 0 Å². The van der Waals surface area contributed by atoms with Crippen molar-refractivity contribution in [2.75, 3.05) is 24.7 Å². The standard InChI is InChI=1S/C21H24N2O4S/c1-28(26,27)19-11-5-10-18(14-19)22-21(25)17-9-6-12-23(15-17)20(24)13-16-7-3-2-4-8-16/h2-5,7-8,10-11,14,17H,6,9,12-13,15H2,1H3,(H,22,25). The number of nitrogens with zero attached hydrogens (tertiary/aromatic N) is 1. The van der Waals surface area contributed by atoms with Crippen LogP contribution in [0, 0.1) is 5.92 Å². The molecule has 148 valence electrons. The number of likely N-dealkylation sites (tertiary alicyclic amines) is 1. The highest BCUT2D eigenvalue weighted by molar-refractivity contribution is 7.90. The average Bonchev–Trinajstić information content (AvgIpc) is 2.68. The molecule has 2 aromatic carbocycles. The number of amides is 2. The first kappa shape index (κ1) is 20.1. The molecule has 1 aliphatic rings. The van der Waals surface area contributed by atoms with Crippen LogP contribution in [0.2, 0.25) is 0 Å². The second-order valence-corrected chi connectivity index (χ2v) is 9.15. The van der Waals surface area contributed by atoms with Crippen LogP contribution in [0.4, 0.5) is 5.69 Å². The van der Waals surface area contributed by atoms with E-state index in [0.717, 1.165) is 18.2 Å². The number of piperidine rings is 1. The Labute approximate surface area is 165 Å². The monoisotopic (exact) mass is 400 g/mol. The maximum atomic E-state index is 12.7. The average molecular weight is 401 g/mol. The lowest BCUT2D eigenvalue weighted by Crippen LogP contribution is -2.44. The number of rotatable bonds is 5. The first-order valence-corrected chi connectivity index (χ1v) is 11.1. The third-order valence-corrected chi connectivity index (χ3v) is 5.98. The quantitative estimate of drug-likeness (QED) is 0.836. The lowest BCUT2D eigenvalue weighted by atomic mass is 9.96. The highest BCUT2D eigenvalue weighted by Gasteiger charge is 2.28. The maximum absolute atomic E-state index is 12.7. The predicted octanol–water partition coefficient (Wildman–Crippen LogP) is 2.51. The molecule has 1 fully saturated rings. The number of nitrogens with one attached hydrogen (secondary N) is 1. The van der Waals surface area contributed by atoms with Gasteiger partial charge in [-0.05, 0) is 36.6 Å². The zero-order valence-electron chi connectivity index (χ0n) is 15.8. The summed E-state index contributed by atoms with van der Waals surface area (Å²) in [5.74, 6) is -0.485. The summed E-state index contributed by atoms with van der Waals surface area (Å²) in [7, 11) is -3.34. The van der Waals surface area contributed by atoms with Crippen LogP contribution in [0.3, 0.4) is 0 Å². The van der Waals surface area contributed by atoms with Gasteiger partial charge in [0.05, 0.1) is 17.2 Å². The van der Waals surface area contributed by atoms with Gasteiger partial charge in [0.15, 0.2) is 9.84 Å². The van der Waals surface area contributed by atoms with Crippen molar-refractivity contribution in [1.29, 1.82) is 0 Å². The molecule has 0 radical (unpaired) electrons. The zero-order chi connectivity index (χ0) is 20.1. The van der Waals surface area contributed by atoms with Gasteiger partial charge in [0.2, 0.25) is 11.8 Å². The molecule has 1 saturated heterocycles. The van der Waals surface area contributed by atoms with Crippen molar-refractivity contribution in [1.82, 2.24) is 4.90 Å². The van der Waals surface area contributed by atoms with Gasteiger partial charge in [-0.1, -0.05) is 36.4 Å². The van der Waals surface area contributed by atoms with Crippen LogP contribution < -0.4 is 5.32 Å². The zero-order valence-corrected chi connectivity index (χ0v) is 16.6. The van der Waals surface area contributed by atoms with E-state index in [2.05, 4.69) is 5.32 Å². The molecule has 2 amide bonds. The molecule has 1 aliphatic heterocycles. The van der Waals surface area contributed by atoms with Gasteiger partial charge in [-0.25, -0.2) is 8.42 Å². The Morgan fingerprint density at radius 2 is 1.86 bits per heavy atom. The Kier molecular flexibility index (Phi) is 6.14. The molecule has 6 nitrogen and oxygen atoms in total. The van der Waals surface area contributed by atoms with Gasteiger partial charge >= 0.3 is 0 Å². The Balaban J connectivity index is 1.62. The summed E-state index contributed by atoms with van der Waals surface area (Å²) >= 11 is 0. The normalized spacial score (nSPS) is 17.2. The SMILES string of the molecule is CS(=O)(=O)c1cccc(NC(=O)C2CCCN(C(=O)Cc3ccccc3)C2)c1. The van der Waals surface area contributed by atoms with E-state index in [1.807, 2.05) is 30.3 Å². The van der Waals surface area contributed by atoms with E-state index in [9.17, 15) is 18.0 Å². The number of hydrogen-bond donors (Lipinski definition) is 1. The van der Waals surface area contributed by atoms with E-state index in [1.54, 1.807) is 17.0 Å². The fraction of sp³-hybridized carbons (Fsp3) is 0.333. The van der Waals surface area contributed by atoms with Crippen LogP contribution >= 0.6 is 0 Å². The van der Waals surface area contributed by atoms with Crippen molar-refractivity contribution < 1.29 is 18.0 Å². The van der Waals surface area contributed by atoms with Crippen LogP contribution in [0.25, 0.3) is 0 Å². The minimum absolute atomic E-state index is 0.0165. The van der Waals surface area contributed by atoms with E-state index in [0.29, 0.717) is 31.6 Å². The summed E-state index contributed by atoms with van der Waals surface area (Å²) in [5, 5.41) is 2.79. The number of carbonyl (C=O) groups excluding carboxylic acids is 2.